The lowest BCUT2D eigenvalue weighted by molar-refractivity contribution is -0.145. The van der Waals surface area contributed by atoms with Crippen molar-refractivity contribution in [2.24, 2.45) is 5.73 Å². The fourth-order valence-corrected chi connectivity index (χ4v) is 4.04. The number of carbonyl (C=O) groups is 7. The molecule has 1 aliphatic heterocycles. The van der Waals surface area contributed by atoms with Crippen molar-refractivity contribution in [3.05, 3.63) is 42.0 Å². The largest absolute Gasteiger partial charge is 0.461 e. The summed E-state index contributed by atoms with van der Waals surface area (Å²) < 4.78 is 5.17. The summed E-state index contributed by atoms with van der Waals surface area (Å²) in [6.07, 6.45) is 5.85. The van der Waals surface area contributed by atoms with Crippen LogP contribution in [0.25, 0.3) is 0 Å². The molecule has 0 aromatic heterocycles. The van der Waals surface area contributed by atoms with Crippen molar-refractivity contribution >= 4 is 47.2 Å². The number of anilines is 1. The Kier molecular flexibility index (Phi) is 14.9. The van der Waals surface area contributed by atoms with Crippen molar-refractivity contribution < 1.29 is 38.3 Å². The fourth-order valence-electron chi connectivity index (χ4n) is 4.04. The normalized spacial score (nSPS) is 12.9. The van der Waals surface area contributed by atoms with Gasteiger partial charge in [0.25, 0.3) is 11.8 Å². The Labute approximate surface area is 250 Å². The van der Waals surface area contributed by atoms with E-state index in [1.807, 2.05) is 6.92 Å². The van der Waals surface area contributed by atoms with Gasteiger partial charge in [-0.25, -0.2) is 4.79 Å². The summed E-state index contributed by atoms with van der Waals surface area (Å²) in [5.74, 6) is -2.39. The molecule has 43 heavy (non-hydrogen) atoms. The second kappa shape index (κ2) is 18.6. The molecule has 1 heterocycles. The predicted molar refractivity (Wildman–Crippen MR) is 156 cm³/mol. The van der Waals surface area contributed by atoms with Crippen LogP contribution in [0.2, 0.25) is 0 Å². The number of imide groups is 1. The number of amides is 7. The van der Waals surface area contributed by atoms with Gasteiger partial charge in [0.05, 0.1) is 6.54 Å². The molecule has 14 heteroatoms. The predicted octanol–water partition coefficient (Wildman–Crippen LogP) is 1.00. The van der Waals surface area contributed by atoms with Gasteiger partial charge in [0.15, 0.2) is 0 Å². The SMILES string of the molecule is CCCC(=O)OCc1ccc(NC(=O)C(CCCNC(N)=O)NC(=O)CNC(=O)CCCCCN2C(=O)C=CC2=O)cc1. The number of nitrogens with two attached hydrogens (primary N) is 1. The van der Waals surface area contributed by atoms with Gasteiger partial charge in [0.2, 0.25) is 17.7 Å². The van der Waals surface area contributed by atoms with Crippen LogP contribution in [0.5, 0.6) is 0 Å². The Morgan fingerprint density at radius 1 is 0.884 bits per heavy atom. The average molecular weight is 601 g/mol. The van der Waals surface area contributed by atoms with E-state index in [9.17, 15) is 33.6 Å². The first-order valence-corrected chi connectivity index (χ1v) is 14.3. The molecule has 14 nitrogen and oxygen atoms in total. The Morgan fingerprint density at radius 3 is 2.23 bits per heavy atom. The van der Waals surface area contributed by atoms with E-state index in [1.54, 1.807) is 24.3 Å². The van der Waals surface area contributed by atoms with E-state index < -0.39 is 23.9 Å². The smallest absolute Gasteiger partial charge is 0.312 e. The van der Waals surface area contributed by atoms with Crippen LogP contribution >= 0.6 is 0 Å². The van der Waals surface area contributed by atoms with Crippen LogP contribution < -0.4 is 27.0 Å². The van der Waals surface area contributed by atoms with E-state index in [4.69, 9.17) is 10.5 Å². The van der Waals surface area contributed by atoms with E-state index in [2.05, 4.69) is 21.3 Å². The minimum Gasteiger partial charge on any atom is -0.461 e. The molecule has 0 bridgehead atoms. The number of carbonyl (C=O) groups excluding carboxylic acids is 7. The molecular weight excluding hydrogens is 560 g/mol. The van der Waals surface area contributed by atoms with Crippen LogP contribution in [0.15, 0.2) is 36.4 Å². The highest BCUT2D eigenvalue weighted by Crippen LogP contribution is 2.13. The molecule has 1 aliphatic rings. The molecule has 0 spiro atoms. The zero-order valence-corrected chi connectivity index (χ0v) is 24.3. The van der Waals surface area contributed by atoms with Crippen LogP contribution in [0.4, 0.5) is 10.5 Å². The van der Waals surface area contributed by atoms with Crippen LogP contribution in [-0.2, 0) is 40.1 Å². The lowest BCUT2D eigenvalue weighted by Crippen LogP contribution is -2.47. The Hall–Kier alpha value is -4.75. The second-order valence-electron chi connectivity index (χ2n) is 9.90. The van der Waals surface area contributed by atoms with Gasteiger partial charge in [0.1, 0.15) is 12.6 Å². The van der Waals surface area contributed by atoms with Crippen molar-refractivity contribution in [2.75, 3.05) is 25.0 Å². The first-order valence-electron chi connectivity index (χ1n) is 14.3. The lowest BCUT2D eigenvalue weighted by Gasteiger charge is -2.19. The summed E-state index contributed by atoms with van der Waals surface area (Å²) in [5.41, 5.74) is 6.29. The summed E-state index contributed by atoms with van der Waals surface area (Å²) >= 11 is 0. The summed E-state index contributed by atoms with van der Waals surface area (Å²) in [7, 11) is 0. The standard InChI is InChI=1S/C29H40N6O8/c1-2-7-27(40)43-19-20-10-12-21(13-11-20)33-28(41)22(8-6-16-31-29(30)42)34-24(37)18-32-23(36)9-4-3-5-17-35-25(38)14-15-26(35)39/h10-15,22H,2-9,16-19H2,1H3,(H,32,36)(H,33,41)(H,34,37)(H3,30,31,42). The van der Waals surface area contributed by atoms with Crippen molar-refractivity contribution in [3.63, 3.8) is 0 Å². The van der Waals surface area contributed by atoms with Gasteiger partial charge >= 0.3 is 12.0 Å². The zero-order chi connectivity index (χ0) is 31.6. The van der Waals surface area contributed by atoms with Crippen molar-refractivity contribution in [3.8, 4) is 0 Å². The Bertz CT molecular complexity index is 1170. The second-order valence-corrected chi connectivity index (χ2v) is 9.90. The molecule has 1 aromatic carbocycles. The minimum absolute atomic E-state index is 0.114. The summed E-state index contributed by atoms with van der Waals surface area (Å²) in [4.78, 5) is 84.4. The number of urea groups is 1. The van der Waals surface area contributed by atoms with Gasteiger partial charge in [-0.3, -0.25) is 33.7 Å². The maximum atomic E-state index is 13.0. The van der Waals surface area contributed by atoms with Gasteiger partial charge < -0.3 is 31.7 Å². The Balaban J connectivity index is 1.79. The number of hydrogen-bond donors (Lipinski definition) is 5. The number of benzene rings is 1. The molecule has 0 saturated carbocycles. The van der Waals surface area contributed by atoms with Gasteiger partial charge in [0, 0.05) is 43.8 Å². The summed E-state index contributed by atoms with van der Waals surface area (Å²) in [6.45, 7) is 2.15. The summed E-state index contributed by atoms with van der Waals surface area (Å²) in [6, 6.07) is 5.04. The van der Waals surface area contributed by atoms with E-state index in [-0.39, 0.29) is 62.8 Å². The van der Waals surface area contributed by atoms with E-state index in [0.717, 1.165) is 10.5 Å². The molecule has 2 rings (SSSR count). The van der Waals surface area contributed by atoms with Gasteiger partial charge in [-0.2, -0.15) is 0 Å². The number of rotatable bonds is 19. The first-order chi connectivity index (χ1) is 20.6. The van der Waals surface area contributed by atoms with Crippen molar-refractivity contribution in [1.29, 1.82) is 0 Å². The highest BCUT2D eigenvalue weighted by Gasteiger charge is 2.23. The third-order valence-corrected chi connectivity index (χ3v) is 6.33. The molecule has 0 aliphatic carbocycles. The third kappa shape index (κ3) is 13.6. The van der Waals surface area contributed by atoms with Crippen LogP contribution in [0.3, 0.4) is 0 Å². The molecule has 1 atom stereocenters. The number of hydrogen-bond acceptors (Lipinski definition) is 8. The number of nitrogens with zero attached hydrogens (tertiary/aromatic N) is 1. The molecule has 234 valence electrons. The number of esters is 1. The third-order valence-electron chi connectivity index (χ3n) is 6.33. The van der Waals surface area contributed by atoms with Gasteiger partial charge in [-0.15, -0.1) is 0 Å². The van der Waals surface area contributed by atoms with E-state index in [0.29, 0.717) is 44.2 Å². The van der Waals surface area contributed by atoms with E-state index in [1.165, 1.54) is 12.2 Å². The van der Waals surface area contributed by atoms with Crippen molar-refractivity contribution in [2.45, 2.75) is 70.9 Å². The Morgan fingerprint density at radius 2 is 1.58 bits per heavy atom. The molecule has 7 amide bonds. The minimum atomic E-state index is -0.959. The maximum absolute atomic E-state index is 13.0. The fraction of sp³-hybridized carbons (Fsp3) is 0.483. The highest BCUT2D eigenvalue weighted by molar-refractivity contribution is 6.12. The van der Waals surface area contributed by atoms with Crippen molar-refractivity contribution in [1.82, 2.24) is 20.9 Å². The number of nitrogens with one attached hydrogen (secondary N) is 4. The molecule has 0 saturated heterocycles. The zero-order valence-electron chi connectivity index (χ0n) is 24.3. The summed E-state index contributed by atoms with van der Waals surface area (Å²) in [5, 5.41) is 10.3. The topological polar surface area (TPSA) is 206 Å². The maximum Gasteiger partial charge on any atom is 0.312 e. The lowest BCUT2D eigenvalue weighted by atomic mass is 10.1. The van der Waals surface area contributed by atoms with Gasteiger partial charge in [-0.05, 0) is 49.8 Å². The molecule has 1 aromatic rings. The number of ether oxygens (including phenoxy) is 1. The van der Waals surface area contributed by atoms with Gasteiger partial charge in [-0.1, -0.05) is 25.5 Å². The molecule has 1 unspecified atom stereocenters. The molecule has 0 radical (unpaired) electrons. The van der Waals surface area contributed by atoms with Crippen LogP contribution in [-0.4, -0.2) is 72.1 Å². The van der Waals surface area contributed by atoms with Crippen LogP contribution in [0.1, 0.15) is 63.9 Å². The van der Waals surface area contributed by atoms with Crippen LogP contribution in [0, 0.1) is 0 Å². The van der Waals surface area contributed by atoms with E-state index >= 15 is 0 Å². The monoisotopic (exact) mass is 600 g/mol. The average Bonchev–Trinajstić information content (AvgIpc) is 3.29. The first kappa shape index (κ1) is 34.5. The number of primary amides is 1. The highest BCUT2D eigenvalue weighted by atomic mass is 16.5. The number of unbranched alkanes of at least 4 members (excludes halogenated alkanes) is 2. The molecule has 6 N–H and O–H groups in total. The quantitative estimate of drug-likeness (QED) is 0.0877. The molecule has 0 fully saturated rings. The molecular formula is C29H40N6O8.